The standard InChI is InChI=1S/C37H45N5O7S/c1-9-29(40(10-2)36(46)49-37(5,6)7)34(44)39-33-24(4)42(32(43)22-50(8,47)48)31-19-25(20-38)16-18-30(31)41(35(33)45)21-28-23(3)15-17-26-13-11-12-14-27(26)28/h11-19,24,29,33H,9-10,21-22H2,1-8H3,(H,39,44)/t24-,29-,33-/m0/s1. The Morgan fingerprint density at radius 3 is 2.34 bits per heavy atom. The van der Waals surface area contributed by atoms with Crippen molar-refractivity contribution in [1.82, 2.24) is 10.2 Å². The van der Waals surface area contributed by atoms with Gasteiger partial charge in [-0.25, -0.2) is 13.2 Å². The smallest absolute Gasteiger partial charge is 0.410 e. The molecule has 4 rings (SSSR count). The lowest BCUT2D eigenvalue weighted by molar-refractivity contribution is -0.131. The quantitative estimate of drug-likeness (QED) is 0.331. The number of benzene rings is 3. The van der Waals surface area contributed by atoms with Crippen molar-refractivity contribution in [2.75, 3.05) is 28.4 Å². The molecule has 0 saturated heterocycles. The second kappa shape index (κ2) is 14.9. The number of carbonyl (C=O) groups is 4. The Kier molecular flexibility index (Phi) is 11.3. The summed E-state index contributed by atoms with van der Waals surface area (Å²) in [6, 6.07) is 14.7. The molecule has 13 heteroatoms. The van der Waals surface area contributed by atoms with E-state index in [0.29, 0.717) is 0 Å². The Labute approximate surface area is 293 Å². The van der Waals surface area contributed by atoms with E-state index < -0.39 is 63.1 Å². The highest BCUT2D eigenvalue weighted by Gasteiger charge is 2.44. The lowest BCUT2D eigenvalue weighted by atomic mass is 9.98. The van der Waals surface area contributed by atoms with Gasteiger partial charge in [-0.15, -0.1) is 0 Å². The van der Waals surface area contributed by atoms with Crippen molar-refractivity contribution in [2.45, 2.75) is 85.2 Å². The van der Waals surface area contributed by atoms with E-state index in [9.17, 15) is 32.9 Å². The van der Waals surface area contributed by atoms with Crippen LogP contribution in [0, 0.1) is 18.3 Å². The third-order valence-electron chi connectivity index (χ3n) is 8.65. The number of nitrogens with zero attached hydrogens (tertiary/aromatic N) is 4. The molecule has 3 atom stereocenters. The van der Waals surface area contributed by atoms with Crippen LogP contribution < -0.4 is 15.1 Å². The van der Waals surface area contributed by atoms with E-state index in [-0.39, 0.29) is 36.4 Å². The number of likely N-dealkylation sites (N-methyl/N-ethyl adjacent to an activating group) is 1. The summed E-state index contributed by atoms with van der Waals surface area (Å²) in [4.78, 5) is 60.0. The maximum atomic E-state index is 14.9. The van der Waals surface area contributed by atoms with Crippen LogP contribution in [-0.2, 0) is 35.5 Å². The summed E-state index contributed by atoms with van der Waals surface area (Å²) in [6.45, 7) is 12.2. The van der Waals surface area contributed by atoms with Gasteiger partial charge in [-0.2, -0.15) is 5.26 Å². The van der Waals surface area contributed by atoms with Gasteiger partial charge in [-0.05, 0) is 88.1 Å². The molecule has 1 aliphatic rings. The molecule has 1 heterocycles. The zero-order chi connectivity index (χ0) is 37.1. The molecule has 0 fully saturated rings. The molecule has 1 aliphatic heterocycles. The fourth-order valence-corrected chi connectivity index (χ4v) is 6.87. The van der Waals surface area contributed by atoms with E-state index in [0.717, 1.165) is 28.2 Å². The van der Waals surface area contributed by atoms with Crippen molar-refractivity contribution >= 4 is 55.8 Å². The molecule has 12 nitrogen and oxygen atoms in total. The first kappa shape index (κ1) is 37.9. The summed E-state index contributed by atoms with van der Waals surface area (Å²) in [5.41, 5.74) is 1.52. The van der Waals surface area contributed by atoms with Crippen molar-refractivity contribution in [1.29, 1.82) is 5.26 Å². The third-order valence-corrected chi connectivity index (χ3v) is 9.43. The van der Waals surface area contributed by atoms with Gasteiger partial charge in [0.2, 0.25) is 11.8 Å². The topological polar surface area (TPSA) is 157 Å². The van der Waals surface area contributed by atoms with Crippen molar-refractivity contribution in [3.63, 3.8) is 0 Å². The molecule has 0 saturated carbocycles. The van der Waals surface area contributed by atoms with Gasteiger partial charge in [0.05, 0.1) is 35.6 Å². The number of carbonyl (C=O) groups excluding carboxylic acids is 4. The summed E-state index contributed by atoms with van der Waals surface area (Å²) in [6.07, 6.45) is 0.425. The van der Waals surface area contributed by atoms with E-state index in [1.54, 1.807) is 47.6 Å². The van der Waals surface area contributed by atoms with Crippen molar-refractivity contribution in [3.05, 3.63) is 71.3 Å². The molecule has 0 radical (unpaired) electrons. The lowest BCUT2D eigenvalue weighted by Gasteiger charge is -2.35. The summed E-state index contributed by atoms with van der Waals surface area (Å²) >= 11 is 0. The fraction of sp³-hybridized carbons (Fsp3) is 0.432. The van der Waals surface area contributed by atoms with Gasteiger partial charge in [0.1, 0.15) is 23.4 Å². The maximum Gasteiger partial charge on any atom is 0.410 e. The summed E-state index contributed by atoms with van der Waals surface area (Å²) in [5, 5.41) is 14.5. The number of nitriles is 1. The Bertz CT molecular complexity index is 1960. The zero-order valence-corrected chi connectivity index (χ0v) is 30.6. The van der Waals surface area contributed by atoms with Gasteiger partial charge in [0.25, 0.3) is 5.91 Å². The van der Waals surface area contributed by atoms with Crippen molar-refractivity contribution in [2.24, 2.45) is 0 Å². The van der Waals surface area contributed by atoms with E-state index in [2.05, 4.69) is 11.4 Å². The minimum absolute atomic E-state index is 0.0360. The highest BCUT2D eigenvalue weighted by molar-refractivity contribution is 7.91. The molecule has 3 aromatic rings. The number of anilines is 2. The largest absolute Gasteiger partial charge is 0.444 e. The maximum absolute atomic E-state index is 14.9. The first-order valence-corrected chi connectivity index (χ1v) is 18.6. The fourth-order valence-electron chi connectivity index (χ4n) is 6.28. The molecule has 0 aliphatic carbocycles. The molecule has 1 N–H and O–H groups in total. The summed E-state index contributed by atoms with van der Waals surface area (Å²) in [5.74, 6) is -2.91. The average Bonchev–Trinajstić information content (AvgIpc) is 3.11. The molecule has 3 aromatic carbocycles. The molecule has 0 aromatic heterocycles. The summed E-state index contributed by atoms with van der Waals surface area (Å²) in [7, 11) is -3.83. The highest BCUT2D eigenvalue weighted by Crippen LogP contribution is 2.38. The average molecular weight is 704 g/mol. The summed E-state index contributed by atoms with van der Waals surface area (Å²) < 4.78 is 30.4. The van der Waals surface area contributed by atoms with E-state index in [4.69, 9.17) is 4.74 Å². The van der Waals surface area contributed by atoms with Crippen LogP contribution in [-0.4, -0.2) is 79.4 Å². The first-order chi connectivity index (χ1) is 23.4. The van der Waals surface area contributed by atoms with Crippen LogP contribution in [0.5, 0.6) is 0 Å². The monoisotopic (exact) mass is 703 g/mol. The number of fused-ring (bicyclic) bond motifs is 2. The minimum atomic E-state index is -3.83. The minimum Gasteiger partial charge on any atom is -0.444 e. The number of ether oxygens (including phenoxy) is 1. The Balaban J connectivity index is 1.90. The van der Waals surface area contributed by atoms with Crippen LogP contribution in [0.25, 0.3) is 10.8 Å². The second-order valence-corrected chi connectivity index (χ2v) is 15.7. The molecular weight excluding hydrogens is 659 g/mol. The second-order valence-electron chi connectivity index (χ2n) is 13.6. The normalized spacial score (nSPS) is 17.0. The van der Waals surface area contributed by atoms with Gasteiger partial charge >= 0.3 is 6.09 Å². The zero-order valence-electron chi connectivity index (χ0n) is 29.8. The number of nitrogens with one attached hydrogen (secondary N) is 1. The number of hydrogen-bond acceptors (Lipinski definition) is 8. The van der Waals surface area contributed by atoms with Crippen molar-refractivity contribution < 1.29 is 32.3 Å². The van der Waals surface area contributed by atoms with E-state index in [1.165, 1.54) is 26.8 Å². The SMILES string of the molecule is CC[C@@H](C(=O)N[C@@H]1C(=O)N(Cc2c(C)ccc3ccccc23)c2ccc(C#N)cc2N(C(=O)CS(C)(=O)=O)[C@H]1C)N(CC)C(=O)OC(C)(C)C. The van der Waals surface area contributed by atoms with Crippen LogP contribution in [0.15, 0.2) is 54.6 Å². The predicted molar refractivity (Wildman–Crippen MR) is 192 cm³/mol. The molecular formula is C37H45N5O7S. The number of aryl methyl sites for hydroxylation is 1. The first-order valence-electron chi connectivity index (χ1n) is 16.5. The Morgan fingerprint density at radius 1 is 1.06 bits per heavy atom. The molecule has 0 unspecified atom stereocenters. The van der Waals surface area contributed by atoms with Crippen LogP contribution in [0.1, 0.15) is 64.7 Å². The van der Waals surface area contributed by atoms with Gasteiger partial charge in [0.15, 0.2) is 9.84 Å². The lowest BCUT2D eigenvalue weighted by Crippen LogP contribution is -2.61. The third kappa shape index (κ3) is 8.25. The highest BCUT2D eigenvalue weighted by atomic mass is 32.2. The van der Waals surface area contributed by atoms with E-state index in [1.807, 2.05) is 43.3 Å². The Hall–Kier alpha value is -4.96. The molecule has 0 spiro atoms. The van der Waals surface area contributed by atoms with Gasteiger partial charge in [-0.1, -0.05) is 43.3 Å². The van der Waals surface area contributed by atoms with Crippen LogP contribution >= 0.6 is 0 Å². The molecule has 0 bridgehead atoms. The van der Waals surface area contributed by atoms with Gasteiger partial charge < -0.3 is 19.9 Å². The van der Waals surface area contributed by atoms with Crippen LogP contribution in [0.4, 0.5) is 16.2 Å². The van der Waals surface area contributed by atoms with Crippen LogP contribution in [0.2, 0.25) is 0 Å². The predicted octanol–water partition coefficient (Wildman–Crippen LogP) is 4.85. The van der Waals surface area contributed by atoms with Crippen LogP contribution in [0.3, 0.4) is 0 Å². The number of hydrogen-bond donors (Lipinski definition) is 1. The molecule has 266 valence electrons. The number of sulfone groups is 1. The molecule has 50 heavy (non-hydrogen) atoms. The number of amides is 4. The number of rotatable bonds is 9. The van der Waals surface area contributed by atoms with Gasteiger partial charge in [-0.3, -0.25) is 19.3 Å². The molecule has 4 amide bonds. The van der Waals surface area contributed by atoms with Gasteiger partial charge in [0, 0.05) is 12.8 Å². The van der Waals surface area contributed by atoms with E-state index >= 15 is 0 Å². The van der Waals surface area contributed by atoms with Crippen molar-refractivity contribution in [3.8, 4) is 6.07 Å². The Morgan fingerprint density at radius 2 is 1.74 bits per heavy atom.